The molecule has 0 rings (SSSR count). The Labute approximate surface area is 37.4 Å². The van der Waals surface area contributed by atoms with Crippen molar-refractivity contribution in [3.63, 3.8) is 0 Å². The van der Waals surface area contributed by atoms with Crippen molar-refractivity contribution >= 4 is 0 Å². The van der Waals surface area contributed by atoms with Gasteiger partial charge in [0.2, 0.25) is 0 Å². The minimum Gasteiger partial charge on any atom is -0.397 e. The molecule has 0 saturated carbocycles. The maximum absolute atomic E-state index is 7.57. The van der Waals surface area contributed by atoms with Gasteiger partial charge in [0.1, 0.15) is 0 Å². The summed E-state index contributed by atoms with van der Waals surface area (Å²) < 4.78 is 0. The van der Waals surface area contributed by atoms with Crippen molar-refractivity contribution in [2.45, 2.75) is 6.92 Å². The van der Waals surface area contributed by atoms with Gasteiger partial charge >= 0.3 is 0 Å². The van der Waals surface area contributed by atoms with E-state index < -0.39 is 0 Å². The predicted molar refractivity (Wildman–Crippen MR) is 24.0 cm³/mol. The average molecular weight is 93.1 g/mol. The third kappa shape index (κ3) is 2230. The molecule has 0 aliphatic carbocycles. The van der Waals surface area contributed by atoms with E-state index in [1.165, 1.54) is 0 Å². The zero-order valence-electron chi connectivity index (χ0n) is 3.89. The summed E-state index contributed by atoms with van der Waals surface area (Å²) in [5, 5.41) is 14.9. The lowest BCUT2D eigenvalue weighted by Crippen LogP contribution is -1.92. The van der Waals surface area contributed by atoms with Crippen LogP contribution in [-0.2, 0) is 0 Å². The average Bonchev–Trinajstić information content (AvgIpc) is 1.39. The third-order valence-electron chi connectivity index (χ3n) is 0. The topological polar surface area (TPSA) is 66.5 Å². The van der Waals surface area contributed by atoms with Gasteiger partial charge in [-0.05, 0) is 6.92 Å². The highest BCUT2D eigenvalue weighted by Gasteiger charge is 1.34. The summed E-state index contributed by atoms with van der Waals surface area (Å²) in [5.41, 5.74) is 4.40. The van der Waals surface area contributed by atoms with E-state index in [2.05, 4.69) is 5.73 Å². The van der Waals surface area contributed by atoms with Crippen molar-refractivity contribution in [1.29, 1.82) is 0 Å². The van der Waals surface area contributed by atoms with Crippen LogP contribution in [0.3, 0.4) is 0 Å². The second kappa shape index (κ2) is 20.8. The Hall–Kier alpha value is -0.120. The molecule has 0 atom stereocenters. The minimum absolute atomic E-state index is 0.250. The van der Waals surface area contributed by atoms with Gasteiger partial charge < -0.3 is 15.9 Å². The Morgan fingerprint density at radius 3 is 1.50 bits per heavy atom. The normalized spacial score (nSPS) is 6.00. The molecule has 0 fully saturated rings. The van der Waals surface area contributed by atoms with E-state index >= 15 is 0 Å². The molecule has 0 radical (unpaired) electrons. The standard InChI is InChI=1S/C2H6O.CH5NO/c1-2-3;2-1-3/h3H,2H2,1H3;3H,1-2H2. The zero-order chi connectivity index (χ0) is 5.41. The van der Waals surface area contributed by atoms with Gasteiger partial charge in [-0.1, -0.05) is 0 Å². The first-order valence-electron chi connectivity index (χ1n) is 1.75. The highest BCUT2D eigenvalue weighted by molar-refractivity contribution is 3.84. The van der Waals surface area contributed by atoms with Gasteiger partial charge in [0.25, 0.3) is 0 Å². The fourth-order valence-electron chi connectivity index (χ4n) is 0. The highest BCUT2D eigenvalue weighted by Crippen LogP contribution is 1.30. The quantitative estimate of drug-likeness (QED) is 0.333. The molecule has 3 heteroatoms. The lowest BCUT2D eigenvalue weighted by Gasteiger charge is -1.56. The first-order chi connectivity index (χ1) is 2.83. The van der Waals surface area contributed by atoms with Crippen molar-refractivity contribution in [2.75, 3.05) is 13.3 Å². The van der Waals surface area contributed by atoms with Crippen LogP contribution < -0.4 is 5.73 Å². The number of aliphatic hydroxyl groups excluding tert-OH is 2. The van der Waals surface area contributed by atoms with Crippen molar-refractivity contribution in [3.05, 3.63) is 0 Å². The highest BCUT2D eigenvalue weighted by atomic mass is 16.3. The van der Waals surface area contributed by atoms with Gasteiger partial charge in [-0.15, -0.1) is 0 Å². The molecule has 0 aromatic rings. The monoisotopic (exact) mass is 93.1 g/mol. The Bertz CT molecular complexity index is 10.8. The summed E-state index contributed by atoms with van der Waals surface area (Å²) in [6.45, 7) is 1.68. The SMILES string of the molecule is CCO.NCO. The summed E-state index contributed by atoms with van der Waals surface area (Å²) in [7, 11) is 0. The summed E-state index contributed by atoms with van der Waals surface area (Å²) >= 11 is 0. The van der Waals surface area contributed by atoms with Crippen LogP contribution in [0.15, 0.2) is 0 Å². The van der Waals surface area contributed by atoms with Crippen LogP contribution in [0, 0.1) is 0 Å². The predicted octanol–water partition coefficient (Wildman–Crippen LogP) is -1.11. The first-order valence-corrected chi connectivity index (χ1v) is 1.75. The summed E-state index contributed by atoms with van der Waals surface area (Å²) in [6.07, 6.45) is 0. The molecule has 40 valence electrons. The summed E-state index contributed by atoms with van der Waals surface area (Å²) in [6, 6.07) is 0. The molecule has 0 aromatic carbocycles. The number of hydrogen-bond acceptors (Lipinski definition) is 3. The van der Waals surface area contributed by atoms with Crippen molar-refractivity contribution < 1.29 is 10.2 Å². The molecular weight excluding hydrogens is 82.0 g/mol. The Morgan fingerprint density at radius 1 is 1.50 bits per heavy atom. The van der Waals surface area contributed by atoms with Crippen LogP contribution in [0.25, 0.3) is 0 Å². The number of hydrogen-bond donors (Lipinski definition) is 3. The van der Waals surface area contributed by atoms with Crippen LogP contribution in [0.5, 0.6) is 0 Å². The Balaban J connectivity index is 0. The van der Waals surface area contributed by atoms with E-state index in [1.807, 2.05) is 0 Å². The van der Waals surface area contributed by atoms with Crippen LogP contribution >= 0.6 is 0 Å². The number of nitrogens with two attached hydrogens (primary N) is 1. The molecule has 0 saturated heterocycles. The van der Waals surface area contributed by atoms with Crippen LogP contribution in [-0.4, -0.2) is 23.6 Å². The van der Waals surface area contributed by atoms with Crippen molar-refractivity contribution in [3.8, 4) is 0 Å². The molecule has 0 spiro atoms. The van der Waals surface area contributed by atoms with Gasteiger partial charge in [0, 0.05) is 6.61 Å². The smallest absolute Gasteiger partial charge is 0.0906 e. The van der Waals surface area contributed by atoms with E-state index in [4.69, 9.17) is 10.2 Å². The van der Waals surface area contributed by atoms with Crippen LogP contribution in [0.2, 0.25) is 0 Å². The second-order valence-electron chi connectivity index (χ2n) is 0.499. The molecule has 0 bridgehead atoms. The third-order valence-corrected chi connectivity index (χ3v) is 0. The molecule has 6 heavy (non-hydrogen) atoms. The largest absolute Gasteiger partial charge is 0.397 e. The number of aliphatic hydroxyl groups is 2. The molecule has 0 amide bonds. The second-order valence-corrected chi connectivity index (χ2v) is 0.499. The Morgan fingerprint density at radius 2 is 1.50 bits per heavy atom. The van der Waals surface area contributed by atoms with Gasteiger partial charge in [0.15, 0.2) is 0 Å². The van der Waals surface area contributed by atoms with Crippen LogP contribution in [0.4, 0.5) is 0 Å². The fourth-order valence-corrected chi connectivity index (χ4v) is 0. The molecule has 0 aliphatic heterocycles. The molecule has 0 heterocycles. The maximum Gasteiger partial charge on any atom is 0.0906 e. The van der Waals surface area contributed by atoms with E-state index in [-0.39, 0.29) is 13.3 Å². The summed E-state index contributed by atoms with van der Waals surface area (Å²) in [5.74, 6) is 0. The van der Waals surface area contributed by atoms with E-state index in [1.54, 1.807) is 6.92 Å². The zero-order valence-corrected chi connectivity index (χ0v) is 3.89. The van der Waals surface area contributed by atoms with Crippen molar-refractivity contribution in [2.24, 2.45) is 5.73 Å². The molecule has 0 aromatic heterocycles. The molecule has 4 N–H and O–H groups in total. The summed E-state index contributed by atoms with van der Waals surface area (Å²) in [4.78, 5) is 0. The minimum atomic E-state index is -0.250. The van der Waals surface area contributed by atoms with E-state index in [0.717, 1.165) is 0 Å². The molecule has 0 unspecified atom stereocenters. The fraction of sp³-hybridized carbons (Fsp3) is 1.00. The molecule has 0 aliphatic rings. The van der Waals surface area contributed by atoms with E-state index in [9.17, 15) is 0 Å². The first kappa shape index (κ1) is 9.30. The lowest BCUT2D eigenvalue weighted by atomic mass is 10.9. The molecule has 3 nitrogen and oxygen atoms in total. The van der Waals surface area contributed by atoms with Crippen molar-refractivity contribution in [1.82, 2.24) is 0 Å². The lowest BCUT2D eigenvalue weighted by molar-refractivity contribution is 0.307. The van der Waals surface area contributed by atoms with Crippen LogP contribution in [0.1, 0.15) is 6.92 Å². The Kier molecular flexibility index (Phi) is 32.2. The maximum atomic E-state index is 7.57. The molecular formula is C3H11NO2. The van der Waals surface area contributed by atoms with Gasteiger partial charge in [-0.3, -0.25) is 0 Å². The number of rotatable bonds is 0. The van der Waals surface area contributed by atoms with E-state index in [0.29, 0.717) is 0 Å². The van der Waals surface area contributed by atoms with Gasteiger partial charge in [-0.2, -0.15) is 0 Å². The van der Waals surface area contributed by atoms with Gasteiger partial charge in [0.05, 0.1) is 6.73 Å². The van der Waals surface area contributed by atoms with Gasteiger partial charge in [-0.25, -0.2) is 0 Å².